The summed E-state index contributed by atoms with van der Waals surface area (Å²) in [5.41, 5.74) is 10.5. The van der Waals surface area contributed by atoms with Gasteiger partial charge in [0, 0.05) is 6.42 Å². The minimum absolute atomic E-state index is 0.0565. The number of carbonyl (C=O) groups excluding carboxylic acids is 4. The highest BCUT2D eigenvalue weighted by atomic mass is 16.4. The molecule has 0 saturated carbocycles. The quantitative estimate of drug-likeness (QED) is 0.221. The van der Waals surface area contributed by atoms with Crippen molar-refractivity contribution < 1.29 is 34.2 Å². The highest BCUT2D eigenvalue weighted by Gasteiger charge is 2.29. The second-order valence-electron chi connectivity index (χ2n) is 5.12. The van der Waals surface area contributed by atoms with Gasteiger partial charge in [-0.3, -0.25) is 24.0 Å². The largest absolute Gasteiger partial charge is 0.481 e. The Kier molecular flexibility index (Phi) is 9.20. The molecule has 135 valence electrons. The van der Waals surface area contributed by atoms with Crippen LogP contribution in [-0.4, -0.2) is 64.4 Å². The van der Waals surface area contributed by atoms with Crippen LogP contribution in [0.2, 0.25) is 0 Å². The monoisotopic (exact) mass is 345 g/mol. The topological polar surface area (TPSA) is 202 Å². The maximum Gasteiger partial charge on any atom is 0.305 e. The number of hydrogen-bond acceptors (Lipinski definition) is 7. The number of nitrogens with one attached hydrogen (secondary N) is 2. The van der Waals surface area contributed by atoms with Gasteiger partial charge >= 0.3 is 5.97 Å². The first-order valence-corrected chi connectivity index (χ1v) is 7.00. The molecule has 0 aromatic rings. The van der Waals surface area contributed by atoms with Gasteiger partial charge in [0.15, 0.2) is 0 Å². The zero-order valence-corrected chi connectivity index (χ0v) is 13.0. The molecular weight excluding hydrogens is 324 g/mol. The van der Waals surface area contributed by atoms with Gasteiger partial charge in [0.2, 0.25) is 24.0 Å². The van der Waals surface area contributed by atoms with E-state index in [1.165, 1.54) is 13.2 Å². The van der Waals surface area contributed by atoms with Crippen molar-refractivity contribution in [3.63, 3.8) is 0 Å². The second-order valence-corrected chi connectivity index (χ2v) is 5.12. The summed E-state index contributed by atoms with van der Waals surface area (Å²) >= 11 is 0. The number of aliphatic carboxylic acids is 1. The van der Waals surface area contributed by atoms with E-state index in [-0.39, 0.29) is 12.8 Å². The summed E-state index contributed by atoms with van der Waals surface area (Å²) in [4.78, 5) is 55.7. The molecule has 3 amide bonds. The SMILES string of the molecule is C[C@@H](O)[C@H](NC(=O)[C@@H](N)CCC(N)=O)C(=O)N[C@H]([C]=O)CC(=O)O. The van der Waals surface area contributed by atoms with Crippen LogP contribution < -0.4 is 22.1 Å². The fourth-order valence-corrected chi connectivity index (χ4v) is 1.65. The molecule has 0 aliphatic rings. The third-order valence-electron chi connectivity index (χ3n) is 2.94. The van der Waals surface area contributed by atoms with Crippen molar-refractivity contribution in [3.05, 3.63) is 0 Å². The molecule has 0 aliphatic heterocycles. The molecule has 0 heterocycles. The Balaban J connectivity index is 4.80. The molecule has 0 spiro atoms. The van der Waals surface area contributed by atoms with Crippen LogP contribution >= 0.6 is 0 Å². The van der Waals surface area contributed by atoms with E-state index in [0.29, 0.717) is 0 Å². The van der Waals surface area contributed by atoms with Crippen LogP contribution in [0.4, 0.5) is 0 Å². The number of nitrogens with two attached hydrogens (primary N) is 2. The predicted molar refractivity (Wildman–Crippen MR) is 79.9 cm³/mol. The van der Waals surface area contributed by atoms with Crippen LogP contribution in [0.3, 0.4) is 0 Å². The molecule has 0 saturated heterocycles. The summed E-state index contributed by atoms with van der Waals surface area (Å²) in [5.74, 6) is -3.78. The molecule has 8 N–H and O–H groups in total. The van der Waals surface area contributed by atoms with Crippen LogP contribution in [0.15, 0.2) is 0 Å². The number of aliphatic hydroxyl groups is 1. The van der Waals surface area contributed by atoms with Crippen molar-refractivity contribution in [2.45, 2.75) is 50.4 Å². The lowest BCUT2D eigenvalue weighted by atomic mass is 10.1. The highest BCUT2D eigenvalue weighted by Crippen LogP contribution is 2.00. The molecule has 4 atom stereocenters. The van der Waals surface area contributed by atoms with Crippen molar-refractivity contribution in [1.82, 2.24) is 10.6 Å². The first-order chi connectivity index (χ1) is 11.1. The first kappa shape index (κ1) is 21.5. The van der Waals surface area contributed by atoms with Crippen molar-refractivity contribution in [2.75, 3.05) is 0 Å². The molecule has 0 bridgehead atoms. The average Bonchev–Trinajstić information content (AvgIpc) is 2.47. The number of hydrogen-bond donors (Lipinski definition) is 6. The van der Waals surface area contributed by atoms with E-state index in [2.05, 4.69) is 5.32 Å². The minimum Gasteiger partial charge on any atom is -0.481 e. The normalized spacial score (nSPS) is 15.5. The van der Waals surface area contributed by atoms with Gasteiger partial charge in [0.05, 0.1) is 18.6 Å². The molecule has 0 rings (SSSR count). The summed E-state index contributed by atoms with van der Waals surface area (Å²) in [7, 11) is 0. The molecular formula is C13H21N4O7. The van der Waals surface area contributed by atoms with Gasteiger partial charge in [-0.1, -0.05) is 0 Å². The number of rotatable bonds is 11. The first-order valence-electron chi connectivity index (χ1n) is 7.00. The van der Waals surface area contributed by atoms with E-state index in [4.69, 9.17) is 16.6 Å². The zero-order chi connectivity index (χ0) is 18.9. The smallest absolute Gasteiger partial charge is 0.305 e. The van der Waals surface area contributed by atoms with E-state index in [0.717, 1.165) is 0 Å². The molecule has 0 aromatic carbocycles. The Morgan fingerprint density at radius 2 is 1.75 bits per heavy atom. The molecule has 0 unspecified atom stereocenters. The third kappa shape index (κ3) is 8.19. The van der Waals surface area contributed by atoms with Gasteiger partial charge < -0.3 is 32.3 Å². The summed E-state index contributed by atoms with van der Waals surface area (Å²) < 4.78 is 0. The van der Waals surface area contributed by atoms with E-state index >= 15 is 0 Å². The standard InChI is InChI=1S/C13H21N4O7/c1-6(19)11(13(24)16-7(5-18)4-10(21)22)17-12(23)8(14)2-3-9(15)20/h6-8,11,19H,2-4,14H2,1H3,(H2,15,20)(H,16,24)(H,17,23)(H,21,22)/t6-,7+,8+,11+/m1/s1. The highest BCUT2D eigenvalue weighted by molar-refractivity contribution is 5.92. The minimum atomic E-state index is -1.47. The number of aliphatic hydroxyl groups excluding tert-OH is 1. The van der Waals surface area contributed by atoms with Crippen LogP contribution in [-0.2, 0) is 24.0 Å². The number of carboxylic acids is 1. The van der Waals surface area contributed by atoms with Crippen LogP contribution in [0.1, 0.15) is 26.2 Å². The number of primary amides is 1. The van der Waals surface area contributed by atoms with Crippen molar-refractivity contribution >= 4 is 30.0 Å². The fourth-order valence-electron chi connectivity index (χ4n) is 1.65. The Bertz CT molecular complexity index is 495. The van der Waals surface area contributed by atoms with Gasteiger partial charge in [0.1, 0.15) is 12.1 Å². The van der Waals surface area contributed by atoms with Crippen LogP contribution in [0.25, 0.3) is 0 Å². The lowest BCUT2D eigenvalue weighted by Crippen LogP contribution is -2.57. The second kappa shape index (κ2) is 10.3. The van der Waals surface area contributed by atoms with Crippen LogP contribution in [0.5, 0.6) is 0 Å². The Labute approximate surface area is 137 Å². The zero-order valence-electron chi connectivity index (χ0n) is 13.0. The number of carbonyl (C=O) groups is 4. The number of carboxylic acid groups (broad SMARTS) is 1. The average molecular weight is 345 g/mol. The molecule has 0 fully saturated rings. The maximum absolute atomic E-state index is 12.0. The molecule has 0 aromatic heterocycles. The van der Waals surface area contributed by atoms with Crippen molar-refractivity contribution in [1.29, 1.82) is 0 Å². The van der Waals surface area contributed by atoms with E-state index in [9.17, 15) is 29.1 Å². The van der Waals surface area contributed by atoms with Crippen molar-refractivity contribution in [3.8, 4) is 0 Å². The van der Waals surface area contributed by atoms with Crippen molar-refractivity contribution in [2.24, 2.45) is 11.5 Å². The summed E-state index contributed by atoms with van der Waals surface area (Å²) in [5, 5.41) is 22.4. The maximum atomic E-state index is 12.0. The van der Waals surface area contributed by atoms with Gasteiger partial charge in [-0.25, -0.2) is 0 Å². The fraction of sp³-hybridized carbons (Fsp3) is 0.615. The van der Waals surface area contributed by atoms with Gasteiger partial charge in [-0.05, 0) is 13.3 Å². The third-order valence-corrected chi connectivity index (χ3v) is 2.94. The summed E-state index contributed by atoms with van der Waals surface area (Å²) in [6.45, 7) is 1.20. The lowest BCUT2D eigenvalue weighted by Gasteiger charge is -2.23. The van der Waals surface area contributed by atoms with Gasteiger partial charge in [-0.15, -0.1) is 0 Å². The predicted octanol–water partition coefficient (Wildman–Crippen LogP) is -3.49. The molecule has 11 heteroatoms. The number of amides is 3. The van der Waals surface area contributed by atoms with E-state index in [1.807, 2.05) is 5.32 Å². The Hall–Kier alpha value is -2.53. The summed E-state index contributed by atoms with van der Waals surface area (Å²) in [6, 6.07) is -4.04. The lowest BCUT2D eigenvalue weighted by molar-refractivity contribution is -0.138. The summed E-state index contributed by atoms with van der Waals surface area (Å²) in [6.07, 6.45) is -0.914. The van der Waals surface area contributed by atoms with Gasteiger partial charge in [-0.2, -0.15) is 0 Å². The van der Waals surface area contributed by atoms with E-state index in [1.54, 1.807) is 0 Å². The molecule has 11 nitrogen and oxygen atoms in total. The van der Waals surface area contributed by atoms with E-state index < -0.39 is 54.3 Å². The Morgan fingerprint density at radius 1 is 1.17 bits per heavy atom. The molecule has 24 heavy (non-hydrogen) atoms. The van der Waals surface area contributed by atoms with Gasteiger partial charge in [0.25, 0.3) is 0 Å². The molecule has 1 radical (unpaired) electrons. The Morgan fingerprint density at radius 3 is 2.17 bits per heavy atom. The molecule has 0 aliphatic carbocycles. The van der Waals surface area contributed by atoms with Crippen LogP contribution in [0, 0.1) is 0 Å².